The maximum absolute atomic E-state index is 4.30. The molecule has 4 heterocycles. The summed E-state index contributed by atoms with van der Waals surface area (Å²) in [5.74, 6) is 0.833. The zero-order valence-electron chi connectivity index (χ0n) is 28.4. The molecule has 0 amide bonds. The molecule has 4 aromatic rings. The van der Waals surface area contributed by atoms with E-state index in [0.717, 1.165) is 11.6 Å². The average molecular weight is 587 g/mol. The number of aromatic nitrogens is 8. The molecule has 0 bridgehead atoms. The minimum Gasteiger partial charge on any atom is -0.276 e. The molecule has 4 aromatic heterocycles. The van der Waals surface area contributed by atoms with Gasteiger partial charge in [0.1, 0.15) is 0 Å². The van der Waals surface area contributed by atoms with Crippen molar-refractivity contribution in [3.8, 4) is 0 Å². The van der Waals surface area contributed by atoms with Crippen molar-refractivity contribution in [2.24, 2.45) is 34.1 Å². The van der Waals surface area contributed by atoms with Gasteiger partial charge in [0.25, 0.3) is 0 Å². The van der Waals surface area contributed by atoms with Gasteiger partial charge < -0.3 is 0 Å². The SMILES string of the molecule is C.C.CC(C)C.Cn1cc(C(C)(C)C)cn1.Cn1ccc(C(C)(C)C)n1.Cn1cccn1.Cn1nccc1C(C)(C)C. The lowest BCUT2D eigenvalue weighted by atomic mass is 9.90. The first kappa shape index (κ1) is 43.3. The van der Waals surface area contributed by atoms with Crippen molar-refractivity contribution in [3.63, 3.8) is 0 Å². The maximum Gasteiger partial charge on any atom is 0.0677 e. The second-order valence-electron chi connectivity index (χ2n) is 13.8. The first-order chi connectivity index (χ1) is 18.1. The highest BCUT2D eigenvalue weighted by atomic mass is 15.3. The normalized spacial score (nSPS) is 10.7. The van der Waals surface area contributed by atoms with Crippen LogP contribution >= 0.6 is 0 Å². The maximum atomic E-state index is 4.30. The lowest BCUT2D eigenvalue weighted by Crippen LogP contribution is -2.16. The molecule has 42 heavy (non-hydrogen) atoms. The molecule has 0 atom stereocenters. The molecule has 0 aliphatic heterocycles. The van der Waals surface area contributed by atoms with E-state index >= 15 is 0 Å². The lowest BCUT2D eigenvalue weighted by Gasteiger charge is -2.17. The molecule has 0 aliphatic carbocycles. The molecule has 4 rings (SSSR count). The summed E-state index contributed by atoms with van der Waals surface area (Å²) in [4.78, 5) is 0. The summed E-state index contributed by atoms with van der Waals surface area (Å²) >= 11 is 0. The second kappa shape index (κ2) is 19.1. The van der Waals surface area contributed by atoms with E-state index in [4.69, 9.17) is 0 Å². The zero-order valence-corrected chi connectivity index (χ0v) is 28.4. The molecule has 0 fully saturated rings. The fourth-order valence-corrected chi connectivity index (χ4v) is 3.08. The van der Waals surface area contributed by atoms with Crippen LogP contribution in [0.25, 0.3) is 0 Å². The van der Waals surface area contributed by atoms with Crippen molar-refractivity contribution in [2.75, 3.05) is 0 Å². The molecule has 0 N–H and O–H groups in total. The average Bonchev–Trinajstić information content (AvgIpc) is 3.56. The third-order valence-corrected chi connectivity index (χ3v) is 5.28. The summed E-state index contributed by atoms with van der Waals surface area (Å²) in [6, 6.07) is 6.00. The fourth-order valence-electron chi connectivity index (χ4n) is 3.08. The standard InChI is InChI=1S/3C8H14N2.C4H6N2.C4H10.2CH4/c1-8(2,3)7-5-9-10(4)6-7;1-8(2,3)7-5-6-10(4)9-7;1-8(2,3)7-5-6-9-10(7)4;1-6-4-2-3-5-6;1-4(2)3;;/h3*5-6H,1-4H3;2-4H,1H3;4H,1-3H3;2*1H4. The Balaban J connectivity index is -0.000000461. The van der Waals surface area contributed by atoms with Crippen LogP contribution in [-0.2, 0) is 44.4 Å². The summed E-state index contributed by atoms with van der Waals surface area (Å²) in [5, 5.41) is 16.3. The van der Waals surface area contributed by atoms with E-state index in [2.05, 4.69) is 122 Å². The molecule has 8 nitrogen and oxygen atoms in total. The largest absolute Gasteiger partial charge is 0.276 e. The lowest BCUT2D eigenvalue weighted by molar-refractivity contribution is 0.523. The summed E-state index contributed by atoms with van der Waals surface area (Å²) in [7, 11) is 7.74. The van der Waals surface area contributed by atoms with Crippen molar-refractivity contribution in [1.82, 2.24) is 39.1 Å². The predicted octanol–water partition coefficient (Wildman–Crippen LogP) is 8.51. The van der Waals surface area contributed by atoms with Gasteiger partial charge in [0.15, 0.2) is 0 Å². The first-order valence-corrected chi connectivity index (χ1v) is 14.1. The van der Waals surface area contributed by atoms with Crippen molar-refractivity contribution in [2.45, 2.75) is 114 Å². The molecule has 0 aromatic carbocycles. The smallest absolute Gasteiger partial charge is 0.0677 e. The van der Waals surface area contributed by atoms with Gasteiger partial charge >= 0.3 is 0 Å². The molecule has 8 heteroatoms. The van der Waals surface area contributed by atoms with Crippen molar-refractivity contribution in [3.05, 3.63) is 72.3 Å². The second-order valence-corrected chi connectivity index (χ2v) is 13.8. The van der Waals surface area contributed by atoms with E-state index in [1.807, 2.05) is 73.1 Å². The van der Waals surface area contributed by atoms with Crippen molar-refractivity contribution in [1.29, 1.82) is 0 Å². The molecule has 0 saturated carbocycles. The molecular weight excluding hydrogens is 520 g/mol. The van der Waals surface area contributed by atoms with Crippen molar-refractivity contribution < 1.29 is 0 Å². The molecule has 0 saturated heterocycles. The third-order valence-electron chi connectivity index (χ3n) is 5.28. The highest BCUT2D eigenvalue weighted by Gasteiger charge is 2.17. The van der Waals surface area contributed by atoms with E-state index in [1.54, 1.807) is 10.9 Å². The molecule has 0 radical (unpaired) electrons. The van der Waals surface area contributed by atoms with E-state index in [1.165, 1.54) is 11.3 Å². The molecule has 0 spiro atoms. The van der Waals surface area contributed by atoms with Gasteiger partial charge in [0, 0.05) is 75.7 Å². The Labute approximate surface area is 259 Å². The van der Waals surface area contributed by atoms with Gasteiger partial charge in [-0.1, -0.05) is 97.9 Å². The minimum absolute atomic E-state index is 0. The van der Waals surface area contributed by atoms with E-state index in [9.17, 15) is 0 Å². The Bertz CT molecular complexity index is 1120. The van der Waals surface area contributed by atoms with Gasteiger partial charge in [0.2, 0.25) is 0 Å². The summed E-state index contributed by atoms with van der Waals surface area (Å²) in [5.41, 5.74) is 4.33. The number of hydrogen-bond donors (Lipinski definition) is 0. The van der Waals surface area contributed by atoms with Crippen molar-refractivity contribution >= 4 is 0 Å². The third kappa shape index (κ3) is 19.1. The van der Waals surface area contributed by atoms with E-state index in [0.29, 0.717) is 0 Å². The van der Waals surface area contributed by atoms with Gasteiger partial charge in [-0.2, -0.15) is 20.4 Å². The minimum atomic E-state index is 0. The van der Waals surface area contributed by atoms with E-state index in [-0.39, 0.29) is 31.1 Å². The van der Waals surface area contributed by atoms with Crippen LogP contribution in [0.5, 0.6) is 0 Å². The van der Waals surface area contributed by atoms with Gasteiger partial charge in [-0.3, -0.25) is 18.7 Å². The summed E-state index contributed by atoms with van der Waals surface area (Å²) in [6.45, 7) is 26.1. The Morgan fingerprint density at radius 1 is 0.619 bits per heavy atom. The molecule has 0 unspecified atom stereocenters. The zero-order chi connectivity index (χ0) is 31.3. The predicted molar refractivity (Wildman–Crippen MR) is 183 cm³/mol. The quantitative estimate of drug-likeness (QED) is 0.207. The van der Waals surface area contributed by atoms with Gasteiger partial charge in [0.05, 0.1) is 11.9 Å². The summed E-state index contributed by atoms with van der Waals surface area (Å²) in [6.07, 6.45) is 11.4. The van der Waals surface area contributed by atoms with Crippen LogP contribution in [0.15, 0.2) is 55.4 Å². The number of nitrogens with zero attached hydrogens (tertiary/aromatic N) is 8. The molecular formula is C34H66N8. The molecule has 0 aliphatic rings. The molecule has 242 valence electrons. The van der Waals surface area contributed by atoms with Crippen LogP contribution in [-0.4, -0.2) is 39.1 Å². The van der Waals surface area contributed by atoms with E-state index < -0.39 is 0 Å². The van der Waals surface area contributed by atoms with Crippen LogP contribution in [0.2, 0.25) is 0 Å². The van der Waals surface area contributed by atoms with Gasteiger partial charge in [-0.15, -0.1) is 0 Å². The van der Waals surface area contributed by atoms with Crippen LogP contribution < -0.4 is 0 Å². The summed E-state index contributed by atoms with van der Waals surface area (Å²) < 4.78 is 7.33. The van der Waals surface area contributed by atoms with Gasteiger partial charge in [-0.05, 0) is 35.1 Å². The number of hydrogen-bond acceptors (Lipinski definition) is 4. The topological polar surface area (TPSA) is 71.3 Å². The Kier molecular flexibility index (Phi) is 19.7. The van der Waals surface area contributed by atoms with Crippen LogP contribution in [0, 0.1) is 5.92 Å². The van der Waals surface area contributed by atoms with Crippen LogP contribution in [0.1, 0.15) is 115 Å². The Morgan fingerprint density at radius 2 is 1.17 bits per heavy atom. The van der Waals surface area contributed by atoms with Gasteiger partial charge in [-0.25, -0.2) is 0 Å². The van der Waals surface area contributed by atoms with Crippen LogP contribution in [0.3, 0.4) is 0 Å². The van der Waals surface area contributed by atoms with Crippen LogP contribution in [0.4, 0.5) is 0 Å². The highest BCUT2D eigenvalue weighted by Crippen LogP contribution is 2.21. The fraction of sp³-hybridized carbons (Fsp3) is 0.647. The first-order valence-electron chi connectivity index (χ1n) is 14.1. The monoisotopic (exact) mass is 587 g/mol. The Hall–Kier alpha value is -3.16. The number of rotatable bonds is 0. The Morgan fingerprint density at radius 3 is 1.33 bits per heavy atom. The number of aryl methyl sites for hydroxylation is 4. The highest BCUT2D eigenvalue weighted by molar-refractivity contribution is 5.14.